The molecule has 2 N–H and O–H groups in total. The van der Waals surface area contributed by atoms with E-state index in [9.17, 15) is 4.39 Å². The number of hydrogen-bond donors (Lipinski definition) is 2. The van der Waals surface area contributed by atoms with Crippen molar-refractivity contribution in [3.63, 3.8) is 0 Å². The van der Waals surface area contributed by atoms with Crippen LogP contribution in [0.5, 0.6) is 5.75 Å². The molecule has 0 spiro atoms. The second kappa shape index (κ2) is 8.16. The minimum Gasteiger partial charge on any atom is -0.497 e. The smallest absolute Gasteiger partial charge is 0.175 e. The van der Waals surface area contributed by atoms with Gasteiger partial charge in [0.05, 0.1) is 25.5 Å². The largest absolute Gasteiger partial charge is 0.497 e. The second-order valence-electron chi connectivity index (χ2n) is 5.44. The van der Waals surface area contributed by atoms with Crippen molar-refractivity contribution < 1.29 is 9.13 Å². The minimum atomic E-state index is -0.363. The summed E-state index contributed by atoms with van der Waals surface area (Å²) >= 11 is 11.3. The van der Waals surface area contributed by atoms with Gasteiger partial charge in [0.2, 0.25) is 0 Å². The van der Waals surface area contributed by atoms with Gasteiger partial charge in [-0.3, -0.25) is 4.68 Å². The molecule has 134 valence electrons. The van der Waals surface area contributed by atoms with Crippen LogP contribution >= 0.6 is 23.8 Å². The Morgan fingerprint density at radius 1 is 1.23 bits per heavy atom. The van der Waals surface area contributed by atoms with Crippen molar-refractivity contribution >= 4 is 40.3 Å². The Balaban J connectivity index is 1.63. The van der Waals surface area contributed by atoms with Crippen molar-refractivity contribution in [2.75, 3.05) is 17.7 Å². The summed E-state index contributed by atoms with van der Waals surface area (Å²) in [6.07, 6.45) is 3.33. The van der Waals surface area contributed by atoms with E-state index >= 15 is 0 Å². The van der Waals surface area contributed by atoms with E-state index in [1.807, 2.05) is 24.3 Å². The van der Waals surface area contributed by atoms with Crippen molar-refractivity contribution in [3.8, 4) is 5.75 Å². The van der Waals surface area contributed by atoms with Gasteiger partial charge in [-0.2, -0.15) is 5.10 Å². The molecule has 5 nitrogen and oxygen atoms in total. The van der Waals surface area contributed by atoms with Crippen LogP contribution in [0.1, 0.15) is 5.56 Å². The first-order valence-electron chi connectivity index (χ1n) is 7.72. The molecule has 0 unspecified atom stereocenters. The van der Waals surface area contributed by atoms with E-state index in [1.165, 1.54) is 6.07 Å². The van der Waals surface area contributed by atoms with Crippen molar-refractivity contribution in [3.05, 3.63) is 71.3 Å². The van der Waals surface area contributed by atoms with Gasteiger partial charge in [0.25, 0.3) is 0 Å². The first-order valence-corrected chi connectivity index (χ1v) is 8.51. The highest BCUT2D eigenvalue weighted by molar-refractivity contribution is 7.80. The molecule has 3 aromatic rings. The number of thiocarbonyl (C=S) groups is 1. The summed E-state index contributed by atoms with van der Waals surface area (Å²) in [5, 5.41) is 11.1. The number of nitrogens with zero attached hydrogens (tertiary/aromatic N) is 2. The Hall–Kier alpha value is -2.64. The molecule has 0 aliphatic carbocycles. The van der Waals surface area contributed by atoms with Crippen LogP contribution in [0.15, 0.2) is 54.9 Å². The van der Waals surface area contributed by atoms with E-state index in [2.05, 4.69) is 15.7 Å². The van der Waals surface area contributed by atoms with E-state index < -0.39 is 0 Å². The number of nitrogens with one attached hydrogen (secondary N) is 2. The Kier molecular flexibility index (Phi) is 5.70. The molecule has 1 heterocycles. The molecule has 0 aliphatic rings. The molecule has 3 rings (SSSR count). The van der Waals surface area contributed by atoms with Gasteiger partial charge in [-0.1, -0.05) is 23.7 Å². The first-order chi connectivity index (χ1) is 12.5. The third-order valence-electron chi connectivity index (χ3n) is 3.60. The SMILES string of the molecule is COc1cccc(NC(=S)Nc2cnn(Cc3c(F)cccc3Cl)c2)c1. The third-order valence-corrected chi connectivity index (χ3v) is 4.16. The molecule has 8 heteroatoms. The number of aromatic nitrogens is 2. The van der Waals surface area contributed by atoms with Crippen molar-refractivity contribution in [2.45, 2.75) is 6.54 Å². The van der Waals surface area contributed by atoms with Crippen LogP contribution in [0.2, 0.25) is 5.02 Å². The molecular weight excluding hydrogens is 375 g/mol. The van der Waals surface area contributed by atoms with E-state index in [1.54, 1.807) is 36.3 Å². The number of rotatable bonds is 5. The fourth-order valence-electron chi connectivity index (χ4n) is 2.35. The highest BCUT2D eigenvalue weighted by atomic mass is 35.5. The van der Waals surface area contributed by atoms with Gasteiger partial charge in [-0.05, 0) is 36.5 Å². The number of halogens is 2. The van der Waals surface area contributed by atoms with Crippen molar-refractivity contribution in [1.29, 1.82) is 0 Å². The fraction of sp³-hybridized carbons (Fsp3) is 0.111. The number of anilines is 2. The van der Waals surface area contributed by atoms with Gasteiger partial charge in [0.15, 0.2) is 5.11 Å². The molecule has 0 saturated carbocycles. The third kappa shape index (κ3) is 4.50. The Labute approximate surface area is 160 Å². The van der Waals surface area contributed by atoms with Crippen LogP contribution in [-0.2, 0) is 6.54 Å². The maximum atomic E-state index is 13.9. The normalized spacial score (nSPS) is 10.4. The van der Waals surface area contributed by atoms with Crippen LogP contribution in [0.3, 0.4) is 0 Å². The molecule has 26 heavy (non-hydrogen) atoms. The second-order valence-corrected chi connectivity index (χ2v) is 6.25. The standard InChI is InChI=1S/C18H16ClFN4OS/c1-25-14-5-2-4-12(8-14)22-18(26)23-13-9-21-24(10-13)11-15-16(19)6-3-7-17(15)20/h2-10H,11H2,1H3,(H2,22,23,26). The van der Waals surface area contributed by atoms with Gasteiger partial charge >= 0.3 is 0 Å². The zero-order valence-electron chi connectivity index (χ0n) is 13.9. The summed E-state index contributed by atoms with van der Waals surface area (Å²) in [6.45, 7) is 0.225. The number of benzene rings is 2. The van der Waals surface area contributed by atoms with Crippen LogP contribution < -0.4 is 15.4 Å². The first kappa shape index (κ1) is 18.2. The van der Waals surface area contributed by atoms with Gasteiger partial charge in [0.1, 0.15) is 11.6 Å². The van der Waals surface area contributed by atoms with Gasteiger partial charge in [0, 0.05) is 28.5 Å². The summed E-state index contributed by atoms with van der Waals surface area (Å²) in [4.78, 5) is 0. The van der Waals surface area contributed by atoms with Crippen LogP contribution in [0, 0.1) is 5.82 Å². The summed E-state index contributed by atoms with van der Waals surface area (Å²) < 4.78 is 20.6. The number of hydrogen-bond acceptors (Lipinski definition) is 3. The lowest BCUT2D eigenvalue weighted by Gasteiger charge is -2.10. The van der Waals surface area contributed by atoms with Gasteiger partial charge < -0.3 is 15.4 Å². The summed E-state index contributed by atoms with van der Waals surface area (Å²) in [5.41, 5.74) is 1.87. The summed E-state index contributed by atoms with van der Waals surface area (Å²) in [7, 11) is 1.60. The molecule has 0 bridgehead atoms. The Morgan fingerprint density at radius 2 is 2.00 bits per heavy atom. The molecule has 0 aliphatic heterocycles. The van der Waals surface area contributed by atoms with Crippen molar-refractivity contribution in [1.82, 2.24) is 9.78 Å². The fourth-order valence-corrected chi connectivity index (χ4v) is 2.81. The lowest BCUT2D eigenvalue weighted by Crippen LogP contribution is -2.18. The van der Waals surface area contributed by atoms with Gasteiger partial charge in [-0.25, -0.2) is 4.39 Å². The predicted octanol–water partition coefficient (Wildman–Crippen LogP) is 4.54. The topological polar surface area (TPSA) is 51.1 Å². The molecule has 0 atom stereocenters. The maximum absolute atomic E-state index is 13.9. The maximum Gasteiger partial charge on any atom is 0.175 e. The van der Waals surface area contributed by atoms with Gasteiger partial charge in [-0.15, -0.1) is 0 Å². The number of ether oxygens (including phenoxy) is 1. The molecule has 0 fully saturated rings. The average molecular weight is 391 g/mol. The lowest BCUT2D eigenvalue weighted by molar-refractivity contribution is 0.415. The Morgan fingerprint density at radius 3 is 2.77 bits per heavy atom. The van der Waals surface area contributed by atoms with E-state index in [-0.39, 0.29) is 12.4 Å². The molecular formula is C18H16ClFN4OS. The van der Waals surface area contributed by atoms with E-state index in [0.717, 1.165) is 11.4 Å². The zero-order valence-corrected chi connectivity index (χ0v) is 15.4. The van der Waals surface area contributed by atoms with E-state index in [4.69, 9.17) is 28.6 Å². The lowest BCUT2D eigenvalue weighted by atomic mass is 10.2. The number of methoxy groups -OCH3 is 1. The zero-order chi connectivity index (χ0) is 18.5. The average Bonchev–Trinajstić information content (AvgIpc) is 3.05. The quantitative estimate of drug-likeness (QED) is 0.626. The molecule has 0 saturated heterocycles. The van der Waals surface area contributed by atoms with Crippen LogP contribution in [0.25, 0.3) is 0 Å². The molecule has 2 aromatic carbocycles. The highest BCUT2D eigenvalue weighted by Gasteiger charge is 2.09. The molecule has 0 radical (unpaired) electrons. The summed E-state index contributed by atoms with van der Waals surface area (Å²) in [5.74, 6) is 0.366. The van der Waals surface area contributed by atoms with Crippen molar-refractivity contribution in [2.24, 2.45) is 0 Å². The minimum absolute atomic E-state index is 0.225. The van der Waals surface area contributed by atoms with Crippen LogP contribution in [0.4, 0.5) is 15.8 Å². The Bertz CT molecular complexity index is 911. The monoisotopic (exact) mass is 390 g/mol. The van der Waals surface area contributed by atoms with E-state index in [0.29, 0.717) is 21.4 Å². The molecule has 0 amide bonds. The highest BCUT2D eigenvalue weighted by Crippen LogP contribution is 2.21. The van der Waals surface area contributed by atoms with Crippen LogP contribution in [-0.4, -0.2) is 22.0 Å². The molecule has 1 aromatic heterocycles. The summed E-state index contributed by atoms with van der Waals surface area (Å²) in [6, 6.07) is 12.0. The predicted molar refractivity (Wildman–Crippen MR) is 106 cm³/mol.